The number of furan rings is 1. The van der Waals surface area contributed by atoms with Crippen LogP contribution in [0.5, 0.6) is 0 Å². The monoisotopic (exact) mass is 195 g/mol. The van der Waals surface area contributed by atoms with E-state index in [4.69, 9.17) is 4.42 Å². The van der Waals surface area contributed by atoms with E-state index in [-0.39, 0.29) is 5.54 Å². The Morgan fingerprint density at radius 2 is 2.00 bits per heavy atom. The molecular weight excluding hydrogens is 174 g/mol. The molecule has 2 nitrogen and oxygen atoms in total. The van der Waals surface area contributed by atoms with Gasteiger partial charge in [0.05, 0.1) is 12.8 Å². The lowest BCUT2D eigenvalue weighted by molar-refractivity contribution is 0.0817. The van der Waals surface area contributed by atoms with Crippen LogP contribution in [-0.2, 0) is 6.54 Å². The fraction of sp³-hybridized carbons (Fsp3) is 0.667. The summed E-state index contributed by atoms with van der Waals surface area (Å²) in [6.45, 7) is 12.0. The fourth-order valence-electron chi connectivity index (χ4n) is 1.76. The Bertz CT molecular complexity index is 256. The van der Waals surface area contributed by atoms with E-state index in [0.29, 0.717) is 6.04 Å². The summed E-state index contributed by atoms with van der Waals surface area (Å²) >= 11 is 0. The average Bonchev–Trinajstić information content (AvgIpc) is 2.48. The number of nitrogens with zero attached hydrogens (tertiary/aromatic N) is 1. The second-order valence-electron chi connectivity index (χ2n) is 4.97. The number of hydrogen-bond acceptors (Lipinski definition) is 2. The van der Waals surface area contributed by atoms with Crippen LogP contribution < -0.4 is 0 Å². The Morgan fingerprint density at radius 1 is 1.36 bits per heavy atom. The molecule has 0 amide bonds. The van der Waals surface area contributed by atoms with Gasteiger partial charge in [-0.3, -0.25) is 4.90 Å². The van der Waals surface area contributed by atoms with E-state index in [2.05, 4.69) is 39.5 Å². The zero-order chi connectivity index (χ0) is 10.8. The highest BCUT2D eigenvalue weighted by Gasteiger charge is 2.24. The molecule has 1 aromatic rings. The second kappa shape index (κ2) is 4.18. The Balaban J connectivity index is 2.71. The highest BCUT2D eigenvalue weighted by molar-refractivity contribution is 4.99. The lowest BCUT2D eigenvalue weighted by Crippen LogP contribution is -2.45. The molecule has 80 valence electrons. The van der Waals surface area contributed by atoms with Crippen molar-refractivity contribution in [3.05, 3.63) is 24.2 Å². The van der Waals surface area contributed by atoms with Gasteiger partial charge in [0.1, 0.15) is 5.76 Å². The van der Waals surface area contributed by atoms with Gasteiger partial charge < -0.3 is 4.42 Å². The highest BCUT2D eigenvalue weighted by Crippen LogP contribution is 2.20. The topological polar surface area (TPSA) is 16.4 Å². The van der Waals surface area contributed by atoms with E-state index >= 15 is 0 Å². The van der Waals surface area contributed by atoms with Crippen molar-refractivity contribution in [3.63, 3.8) is 0 Å². The SMILES string of the molecule is CC(C)N(Cc1ccco1)C(C)(C)C. The molecule has 0 atom stereocenters. The van der Waals surface area contributed by atoms with Crippen LogP contribution in [0.15, 0.2) is 22.8 Å². The zero-order valence-corrected chi connectivity index (χ0v) is 9.87. The molecule has 0 unspecified atom stereocenters. The van der Waals surface area contributed by atoms with Crippen molar-refractivity contribution in [1.29, 1.82) is 0 Å². The van der Waals surface area contributed by atoms with Gasteiger partial charge in [0.25, 0.3) is 0 Å². The first-order valence-corrected chi connectivity index (χ1v) is 5.20. The second-order valence-corrected chi connectivity index (χ2v) is 4.97. The van der Waals surface area contributed by atoms with Crippen molar-refractivity contribution in [3.8, 4) is 0 Å². The third-order valence-electron chi connectivity index (χ3n) is 2.39. The van der Waals surface area contributed by atoms with Crippen LogP contribution in [0.4, 0.5) is 0 Å². The third-order valence-corrected chi connectivity index (χ3v) is 2.39. The lowest BCUT2D eigenvalue weighted by atomic mass is 10.0. The Morgan fingerprint density at radius 3 is 2.36 bits per heavy atom. The molecule has 0 saturated heterocycles. The van der Waals surface area contributed by atoms with E-state index in [9.17, 15) is 0 Å². The molecule has 0 saturated carbocycles. The molecule has 0 N–H and O–H groups in total. The molecule has 1 rings (SSSR count). The molecule has 1 aromatic heterocycles. The van der Waals surface area contributed by atoms with Crippen molar-refractivity contribution >= 4 is 0 Å². The van der Waals surface area contributed by atoms with Crippen LogP contribution in [0, 0.1) is 0 Å². The van der Waals surface area contributed by atoms with Gasteiger partial charge in [-0.15, -0.1) is 0 Å². The third kappa shape index (κ3) is 2.88. The maximum atomic E-state index is 5.37. The van der Waals surface area contributed by atoms with Crippen LogP contribution in [0.3, 0.4) is 0 Å². The summed E-state index contributed by atoms with van der Waals surface area (Å²) in [5.41, 5.74) is 0.182. The van der Waals surface area contributed by atoms with E-state index < -0.39 is 0 Å². The van der Waals surface area contributed by atoms with Gasteiger partial charge >= 0.3 is 0 Å². The minimum Gasteiger partial charge on any atom is -0.468 e. The molecule has 14 heavy (non-hydrogen) atoms. The molecule has 0 aromatic carbocycles. The average molecular weight is 195 g/mol. The molecule has 0 spiro atoms. The quantitative estimate of drug-likeness (QED) is 0.736. The largest absolute Gasteiger partial charge is 0.468 e. The summed E-state index contributed by atoms with van der Waals surface area (Å²) in [4.78, 5) is 2.42. The highest BCUT2D eigenvalue weighted by atomic mass is 16.3. The first kappa shape index (κ1) is 11.3. The van der Waals surface area contributed by atoms with Gasteiger partial charge in [-0.25, -0.2) is 0 Å². The molecule has 1 heterocycles. The fourth-order valence-corrected chi connectivity index (χ4v) is 1.76. The Hall–Kier alpha value is -0.760. The van der Waals surface area contributed by atoms with E-state index in [1.165, 1.54) is 0 Å². The van der Waals surface area contributed by atoms with Gasteiger partial charge in [0.15, 0.2) is 0 Å². The maximum Gasteiger partial charge on any atom is 0.117 e. The van der Waals surface area contributed by atoms with Crippen molar-refractivity contribution in [2.24, 2.45) is 0 Å². The predicted octanol–water partition coefficient (Wildman–Crippen LogP) is 3.29. The van der Waals surface area contributed by atoms with Crippen molar-refractivity contribution in [2.75, 3.05) is 0 Å². The van der Waals surface area contributed by atoms with Crippen molar-refractivity contribution < 1.29 is 4.42 Å². The lowest BCUT2D eigenvalue weighted by Gasteiger charge is -2.38. The molecule has 0 aliphatic heterocycles. The molecule has 0 aliphatic rings. The van der Waals surface area contributed by atoms with Crippen LogP contribution in [-0.4, -0.2) is 16.5 Å². The van der Waals surface area contributed by atoms with Gasteiger partial charge in [-0.1, -0.05) is 0 Å². The van der Waals surface area contributed by atoms with Crippen molar-refractivity contribution in [1.82, 2.24) is 4.90 Å². The first-order chi connectivity index (χ1) is 6.41. The summed E-state index contributed by atoms with van der Waals surface area (Å²) in [6.07, 6.45) is 1.73. The van der Waals surface area contributed by atoms with E-state index in [0.717, 1.165) is 12.3 Å². The smallest absolute Gasteiger partial charge is 0.117 e. The summed E-state index contributed by atoms with van der Waals surface area (Å²) in [5, 5.41) is 0. The number of rotatable bonds is 3. The minimum absolute atomic E-state index is 0.182. The molecule has 0 radical (unpaired) electrons. The molecular formula is C12H21NO. The van der Waals surface area contributed by atoms with Crippen LogP contribution in [0.25, 0.3) is 0 Å². The maximum absolute atomic E-state index is 5.37. The van der Waals surface area contributed by atoms with E-state index in [1.807, 2.05) is 12.1 Å². The Kier molecular flexibility index (Phi) is 3.38. The standard InChI is InChI=1S/C12H21NO/c1-10(2)13(12(3,4)5)9-11-7-6-8-14-11/h6-8,10H,9H2,1-5H3. The van der Waals surface area contributed by atoms with E-state index in [1.54, 1.807) is 6.26 Å². The van der Waals surface area contributed by atoms with Gasteiger partial charge in [0, 0.05) is 11.6 Å². The summed E-state index contributed by atoms with van der Waals surface area (Å²) < 4.78 is 5.37. The Labute approximate surface area is 86.9 Å². The summed E-state index contributed by atoms with van der Waals surface area (Å²) in [7, 11) is 0. The minimum atomic E-state index is 0.182. The van der Waals surface area contributed by atoms with Gasteiger partial charge in [-0.05, 0) is 46.8 Å². The van der Waals surface area contributed by atoms with Crippen LogP contribution >= 0.6 is 0 Å². The normalized spacial score (nSPS) is 12.8. The molecule has 0 fully saturated rings. The molecule has 0 bridgehead atoms. The number of hydrogen-bond donors (Lipinski definition) is 0. The zero-order valence-electron chi connectivity index (χ0n) is 9.87. The predicted molar refractivity (Wildman–Crippen MR) is 59.1 cm³/mol. The van der Waals surface area contributed by atoms with Crippen LogP contribution in [0.1, 0.15) is 40.4 Å². The molecule has 2 heteroatoms. The molecule has 0 aliphatic carbocycles. The van der Waals surface area contributed by atoms with Crippen LogP contribution in [0.2, 0.25) is 0 Å². The summed E-state index contributed by atoms with van der Waals surface area (Å²) in [6, 6.07) is 4.50. The summed E-state index contributed by atoms with van der Waals surface area (Å²) in [5.74, 6) is 1.04. The van der Waals surface area contributed by atoms with Gasteiger partial charge in [0.2, 0.25) is 0 Å². The van der Waals surface area contributed by atoms with Gasteiger partial charge in [-0.2, -0.15) is 0 Å². The van der Waals surface area contributed by atoms with Crippen molar-refractivity contribution in [2.45, 2.75) is 52.7 Å². The first-order valence-electron chi connectivity index (χ1n) is 5.20.